The topological polar surface area (TPSA) is 55.1 Å². The summed E-state index contributed by atoms with van der Waals surface area (Å²) in [6.45, 7) is 5.34. The molecule has 0 aliphatic carbocycles. The van der Waals surface area contributed by atoms with Gasteiger partial charge in [-0.2, -0.15) is 14.6 Å². The molecule has 108 valence electrons. The van der Waals surface area contributed by atoms with E-state index in [1.165, 1.54) is 6.33 Å². The van der Waals surface area contributed by atoms with Crippen LogP contribution in [0.2, 0.25) is 0 Å². The number of anilines is 1. The molecular weight excluding hydrogens is 262 g/mol. The van der Waals surface area contributed by atoms with Crippen LogP contribution in [0.1, 0.15) is 20.3 Å². The monoisotopic (exact) mass is 281 g/mol. The predicted octanol–water partition coefficient (Wildman–Crippen LogP) is 3.25. The number of nitrogens with zero attached hydrogens (tertiary/aromatic N) is 4. The van der Waals surface area contributed by atoms with Gasteiger partial charge in [0.1, 0.15) is 12.1 Å². The normalized spacial score (nSPS) is 11.2. The van der Waals surface area contributed by atoms with Crippen LogP contribution in [0, 0.1) is 5.92 Å². The van der Waals surface area contributed by atoms with Gasteiger partial charge in [0.25, 0.3) is 5.78 Å². The third-order valence-corrected chi connectivity index (χ3v) is 3.35. The van der Waals surface area contributed by atoms with Gasteiger partial charge in [-0.05, 0) is 12.3 Å². The van der Waals surface area contributed by atoms with E-state index in [0.717, 1.165) is 30.0 Å². The van der Waals surface area contributed by atoms with Crippen LogP contribution in [0.4, 0.5) is 5.82 Å². The van der Waals surface area contributed by atoms with E-state index in [-0.39, 0.29) is 0 Å². The Morgan fingerprint density at radius 1 is 1.19 bits per heavy atom. The summed E-state index contributed by atoms with van der Waals surface area (Å²) in [6, 6.07) is 12.1. The summed E-state index contributed by atoms with van der Waals surface area (Å²) in [5, 5.41) is 7.67. The molecule has 0 aliphatic rings. The van der Waals surface area contributed by atoms with Gasteiger partial charge in [-0.25, -0.2) is 4.98 Å². The van der Waals surface area contributed by atoms with Crippen LogP contribution in [-0.4, -0.2) is 26.1 Å². The molecule has 1 N–H and O–H groups in total. The average molecular weight is 281 g/mol. The van der Waals surface area contributed by atoms with Crippen LogP contribution in [0.5, 0.6) is 0 Å². The minimum Gasteiger partial charge on any atom is -0.370 e. The molecule has 0 saturated heterocycles. The molecule has 3 rings (SSSR count). The highest BCUT2D eigenvalue weighted by molar-refractivity contribution is 5.65. The van der Waals surface area contributed by atoms with Crippen LogP contribution < -0.4 is 5.32 Å². The fourth-order valence-electron chi connectivity index (χ4n) is 2.18. The first-order valence-electron chi connectivity index (χ1n) is 7.24. The van der Waals surface area contributed by atoms with Gasteiger partial charge in [0, 0.05) is 18.2 Å². The Hall–Kier alpha value is -2.43. The first kappa shape index (κ1) is 13.5. The van der Waals surface area contributed by atoms with Crippen molar-refractivity contribution in [2.24, 2.45) is 5.92 Å². The van der Waals surface area contributed by atoms with Crippen molar-refractivity contribution >= 4 is 11.6 Å². The van der Waals surface area contributed by atoms with Crippen molar-refractivity contribution in [1.29, 1.82) is 0 Å². The Labute approximate surface area is 124 Å². The summed E-state index contributed by atoms with van der Waals surface area (Å²) in [4.78, 5) is 8.77. The first-order valence-corrected chi connectivity index (χ1v) is 7.24. The van der Waals surface area contributed by atoms with E-state index < -0.39 is 0 Å². The Morgan fingerprint density at radius 3 is 2.76 bits per heavy atom. The molecule has 1 aromatic carbocycles. The van der Waals surface area contributed by atoms with Gasteiger partial charge in [-0.15, -0.1) is 0 Å². The molecule has 0 unspecified atom stereocenters. The van der Waals surface area contributed by atoms with Crippen molar-refractivity contribution in [1.82, 2.24) is 19.6 Å². The molecular formula is C16H19N5. The third kappa shape index (κ3) is 3.02. The van der Waals surface area contributed by atoms with Crippen molar-refractivity contribution in [3.05, 3.63) is 42.7 Å². The molecule has 21 heavy (non-hydrogen) atoms. The molecule has 0 atom stereocenters. The van der Waals surface area contributed by atoms with Gasteiger partial charge in [0.2, 0.25) is 0 Å². The molecule has 0 aliphatic heterocycles. The molecule has 2 aromatic heterocycles. The average Bonchev–Trinajstić information content (AvgIpc) is 2.96. The highest BCUT2D eigenvalue weighted by Gasteiger charge is 2.08. The van der Waals surface area contributed by atoms with Gasteiger partial charge < -0.3 is 5.32 Å². The van der Waals surface area contributed by atoms with E-state index in [9.17, 15) is 0 Å². The van der Waals surface area contributed by atoms with Crippen LogP contribution in [0.3, 0.4) is 0 Å². The fourth-order valence-corrected chi connectivity index (χ4v) is 2.18. The molecule has 0 spiro atoms. The molecule has 0 fully saturated rings. The zero-order valence-electron chi connectivity index (χ0n) is 12.3. The van der Waals surface area contributed by atoms with Crippen molar-refractivity contribution in [3.8, 4) is 11.3 Å². The molecule has 0 radical (unpaired) electrons. The summed E-state index contributed by atoms with van der Waals surface area (Å²) in [5.74, 6) is 2.21. The second-order valence-electron chi connectivity index (χ2n) is 5.47. The van der Waals surface area contributed by atoms with Gasteiger partial charge in [0.05, 0.1) is 5.69 Å². The van der Waals surface area contributed by atoms with Gasteiger partial charge in [-0.3, -0.25) is 0 Å². The molecule has 0 saturated carbocycles. The molecule has 2 heterocycles. The minimum absolute atomic E-state index is 0.614. The number of hydrogen-bond acceptors (Lipinski definition) is 4. The maximum atomic E-state index is 4.56. The van der Waals surface area contributed by atoms with Crippen molar-refractivity contribution in [3.63, 3.8) is 0 Å². The van der Waals surface area contributed by atoms with Crippen molar-refractivity contribution in [2.75, 3.05) is 11.9 Å². The molecule has 0 bridgehead atoms. The number of aromatic nitrogens is 4. The lowest BCUT2D eigenvalue weighted by atomic mass is 10.1. The maximum Gasteiger partial charge on any atom is 0.254 e. The Morgan fingerprint density at radius 2 is 2.00 bits per heavy atom. The summed E-state index contributed by atoms with van der Waals surface area (Å²) >= 11 is 0. The van der Waals surface area contributed by atoms with E-state index in [4.69, 9.17) is 0 Å². The van der Waals surface area contributed by atoms with Crippen molar-refractivity contribution in [2.45, 2.75) is 20.3 Å². The smallest absolute Gasteiger partial charge is 0.254 e. The Balaban J connectivity index is 1.96. The van der Waals surface area contributed by atoms with E-state index in [1.807, 2.05) is 36.4 Å². The molecule has 0 amide bonds. The van der Waals surface area contributed by atoms with Gasteiger partial charge in [-0.1, -0.05) is 44.2 Å². The van der Waals surface area contributed by atoms with E-state index >= 15 is 0 Å². The zero-order chi connectivity index (χ0) is 14.7. The van der Waals surface area contributed by atoms with E-state index in [0.29, 0.717) is 11.7 Å². The zero-order valence-corrected chi connectivity index (χ0v) is 12.3. The van der Waals surface area contributed by atoms with Crippen LogP contribution >= 0.6 is 0 Å². The molecule has 5 nitrogen and oxygen atoms in total. The van der Waals surface area contributed by atoms with Crippen LogP contribution in [-0.2, 0) is 0 Å². The first-order chi connectivity index (χ1) is 10.2. The highest BCUT2D eigenvalue weighted by Crippen LogP contribution is 2.21. The summed E-state index contributed by atoms with van der Waals surface area (Å²) < 4.78 is 1.74. The van der Waals surface area contributed by atoms with Gasteiger partial charge in [0.15, 0.2) is 0 Å². The number of rotatable bonds is 5. The highest BCUT2D eigenvalue weighted by atomic mass is 15.3. The third-order valence-electron chi connectivity index (χ3n) is 3.35. The largest absolute Gasteiger partial charge is 0.370 e. The lowest BCUT2D eigenvalue weighted by Crippen LogP contribution is -2.09. The standard InChI is InChI=1S/C16H19N5/c1-12(2)8-9-17-15-10-14(13-6-4-3-5-7-13)20-16-18-11-19-21(15)16/h3-7,10-12,17H,8-9H2,1-2H3. The second-order valence-corrected chi connectivity index (χ2v) is 5.47. The lowest BCUT2D eigenvalue weighted by molar-refractivity contribution is 0.606. The number of nitrogens with one attached hydrogen (secondary N) is 1. The second kappa shape index (κ2) is 5.91. The van der Waals surface area contributed by atoms with Crippen LogP contribution in [0.15, 0.2) is 42.7 Å². The Bertz CT molecular complexity index is 718. The van der Waals surface area contributed by atoms with E-state index in [1.54, 1.807) is 4.52 Å². The fraction of sp³-hybridized carbons (Fsp3) is 0.312. The summed E-state index contributed by atoms with van der Waals surface area (Å²) in [6.07, 6.45) is 2.64. The lowest BCUT2D eigenvalue weighted by Gasteiger charge is -2.11. The number of hydrogen-bond donors (Lipinski definition) is 1. The molecule has 3 aromatic rings. The summed E-state index contributed by atoms with van der Waals surface area (Å²) in [7, 11) is 0. The number of fused-ring (bicyclic) bond motifs is 1. The number of benzene rings is 1. The minimum atomic E-state index is 0.614. The van der Waals surface area contributed by atoms with Gasteiger partial charge >= 0.3 is 0 Å². The van der Waals surface area contributed by atoms with Crippen molar-refractivity contribution < 1.29 is 0 Å². The quantitative estimate of drug-likeness (QED) is 0.780. The SMILES string of the molecule is CC(C)CCNc1cc(-c2ccccc2)nc2ncnn12. The maximum absolute atomic E-state index is 4.56. The van der Waals surface area contributed by atoms with E-state index in [2.05, 4.69) is 34.2 Å². The van der Waals surface area contributed by atoms with Crippen LogP contribution in [0.25, 0.3) is 17.0 Å². The predicted molar refractivity (Wildman–Crippen MR) is 84.2 cm³/mol. The summed E-state index contributed by atoms with van der Waals surface area (Å²) in [5.41, 5.74) is 1.98. The Kier molecular flexibility index (Phi) is 3.81. The molecule has 5 heteroatoms.